The Labute approximate surface area is 192 Å². The lowest BCUT2D eigenvalue weighted by molar-refractivity contribution is 0.0336. The van der Waals surface area contributed by atoms with Gasteiger partial charge in [0.1, 0.15) is 5.75 Å². The van der Waals surface area contributed by atoms with Gasteiger partial charge >= 0.3 is 5.97 Å². The van der Waals surface area contributed by atoms with E-state index in [2.05, 4.69) is 42.8 Å². The van der Waals surface area contributed by atoms with E-state index < -0.39 is 0 Å². The molecule has 0 amide bonds. The molecule has 2 fully saturated rings. The van der Waals surface area contributed by atoms with Gasteiger partial charge in [-0.1, -0.05) is 52.2 Å². The molecule has 1 saturated carbocycles. The average molecular weight is 437 g/mol. The zero-order chi connectivity index (χ0) is 22.6. The maximum Gasteiger partial charge on any atom is 0.345 e. The maximum absolute atomic E-state index is 13.0. The van der Waals surface area contributed by atoms with Gasteiger partial charge in [0.15, 0.2) is 0 Å². The number of pyridine rings is 1. The minimum atomic E-state index is -0.350. The van der Waals surface area contributed by atoms with E-state index in [9.17, 15) is 4.79 Å². The van der Waals surface area contributed by atoms with Crippen molar-refractivity contribution in [1.29, 1.82) is 0 Å². The fourth-order valence-corrected chi connectivity index (χ4v) is 4.82. The van der Waals surface area contributed by atoms with Crippen molar-refractivity contribution in [3.05, 3.63) is 58.9 Å². The number of morpholine rings is 1. The number of hydrogen-bond acceptors (Lipinski definition) is 5. The molecule has 0 radical (unpaired) electrons. The van der Waals surface area contributed by atoms with Crippen LogP contribution in [0, 0.1) is 0 Å². The Hall–Kier alpha value is -2.24. The second-order valence-electron chi connectivity index (χ2n) is 10.2. The number of carbonyl (C=O) groups is 1. The Morgan fingerprint density at radius 3 is 2.56 bits per heavy atom. The van der Waals surface area contributed by atoms with Gasteiger partial charge in [-0.25, -0.2) is 4.79 Å². The summed E-state index contributed by atoms with van der Waals surface area (Å²) in [6.45, 7) is 10.7. The molecule has 32 heavy (non-hydrogen) atoms. The standard InChI is InChI=1S/C27H36N2O3/c1-27(2,3)24-17-22(20-8-5-4-6-9-20)16-23(19-29-12-14-31-15-13-29)25(24)32-26(30)21-10-7-11-28-18-21/h7,10-11,16-18,20H,4-6,8-9,12-15,19H2,1-3H3. The summed E-state index contributed by atoms with van der Waals surface area (Å²) >= 11 is 0. The summed E-state index contributed by atoms with van der Waals surface area (Å²) in [7, 11) is 0. The summed E-state index contributed by atoms with van der Waals surface area (Å²) in [6, 6.07) is 8.14. The Kier molecular flexibility index (Phi) is 7.27. The van der Waals surface area contributed by atoms with Crippen LogP contribution in [0.4, 0.5) is 0 Å². The number of aromatic nitrogens is 1. The summed E-state index contributed by atoms with van der Waals surface area (Å²) in [5, 5.41) is 0. The van der Waals surface area contributed by atoms with Crippen LogP contribution < -0.4 is 4.74 Å². The van der Waals surface area contributed by atoms with Gasteiger partial charge in [-0.3, -0.25) is 9.88 Å². The molecular weight excluding hydrogens is 400 g/mol. The van der Waals surface area contributed by atoms with Gasteiger partial charge < -0.3 is 9.47 Å². The van der Waals surface area contributed by atoms with Crippen LogP contribution >= 0.6 is 0 Å². The molecule has 1 aliphatic heterocycles. The molecule has 1 saturated heterocycles. The van der Waals surface area contributed by atoms with Gasteiger partial charge in [-0.2, -0.15) is 0 Å². The molecule has 0 unspecified atom stereocenters. The first-order valence-electron chi connectivity index (χ1n) is 12.0. The Bertz CT molecular complexity index is 908. The molecule has 172 valence electrons. The van der Waals surface area contributed by atoms with Crippen LogP contribution in [-0.4, -0.2) is 42.2 Å². The van der Waals surface area contributed by atoms with Crippen molar-refractivity contribution < 1.29 is 14.3 Å². The monoisotopic (exact) mass is 436 g/mol. The molecule has 0 atom stereocenters. The van der Waals surface area contributed by atoms with Gasteiger partial charge in [0.25, 0.3) is 0 Å². The van der Waals surface area contributed by atoms with Crippen LogP contribution in [0.25, 0.3) is 0 Å². The van der Waals surface area contributed by atoms with Crippen molar-refractivity contribution in [1.82, 2.24) is 9.88 Å². The van der Waals surface area contributed by atoms with Crippen LogP contribution in [0.15, 0.2) is 36.7 Å². The van der Waals surface area contributed by atoms with Gasteiger partial charge in [0.05, 0.1) is 18.8 Å². The van der Waals surface area contributed by atoms with E-state index in [1.165, 1.54) is 37.7 Å². The third kappa shape index (κ3) is 5.57. The van der Waals surface area contributed by atoms with Crippen molar-refractivity contribution in [2.24, 2.45) is 0 Å². The lowest BCUT2D eigenvalue weighted by Gasteiger charge is -2.31. The van der Waals surface area contributed by atoms with Crippen molar-refractivity contribution in [3.8, 4) is 5.75 Å². The van der Waals surface area contributed by atoms with Crippen LogP contribution in [0.5, 0.6) is 5.75 Å². The van der Waals surface area contributed by atoms with Crippen LogP contribution in [0.3, 0.4) is 0 Å². The topological polar surface area (TPSA) is 51.7 Å². The molecule has 1 aliphatic carbocycles. The molecule has 1 aromatic carbocycles. The smallest absolute Gasteiger partial charge is 0.345 e. The van der Waals surface area contributed by atoms with E-state index in [4.69, 9.17) is 9.47 Å². The molecule has 0 spiro atoms. The number of hydrogen-bond donors (Lipinski definition) is 0. The third-order valence-electron chi connectivity index (χ3n) is 6.66. The molecule has 2 aromatic rings. The minimum Gasteiger partial charge on any atom is -0.422 e. The fraction of sp³-hybridized carbons (Fsp3) is 0.556. The number of carbonyl (C=O) groups excluding carboxylic acids is 1. The van der Waals surface area contributed by atoms with E-state index in [-0.39, 0.29) is 11.4 Å². The molecule has 2 heterocycles. The molecule has 4 rings (SSSR count). The highest BCUT2D eigenvalue weighted by molar-refractivity contribution is 5.91. The zero-order valence-electron chi connectivity index (χ0n) is 19.7. The van der Waals surface area contributed by atoms with Crippen molar-refractivity contribution >= 4 is 5.97 Å². The maximum atomic E-state index is 13.0. The SMILES string of the molecule is CC(C)(C)c1cc(C2CCCCC2)cc(CN2CCOCC2)c1OC(=O)c1cccnc1. The van der Waals surface area contributed by atoms with Gasteiger partial charge in [-0.15, -0.1) is 0 Å². The Morgan fingerprint density at radius 1 is 1.16 bits per heavy atom. The van der Waals surface area contributed by atoms with Crippen LogP contribution in [0.1, 0.15) is 85.8 Å². The minimum absolute atomic E-state index is 0.144. The number of ether oxygens (including phenoxy) is 2. The van der Waals surface area contributed by atoms with E-state index >= 15 is 0 Å². The summed E-state index contributed by atoms with van der Waals surface area (Å²) in [6.07, 6.45) is 9.66. The fourth-order valence-electron chi connectivity index (χ4n) is 4.82. The van der Waals surface area contributed by atoms with Crippen molar-refractivity contribution in [3.63, 3.8) is 0 Å². The van der Waals surface area contributed by atoms with Crippen molar-refractivity contribution in [2.75, 3.05) is 26.3 Å². The van der Waals surface area contributed by atoms with E-state index in [0.717, 1.165) is 49.7 Å². The number of esters is 1. The van der Waals surface area contributed by atoms with E-state index in [0.29, 0.717) is 11.5 Å². The first-order valence-corrected chi connectivity index (χ1v) is 12.0. The highest BCUT2D eigenvalue weighted by Crippen LogP contribution is 2.41. The lowest BCUT2D eigenvalue weighted by Crippen LogP contribution is -2.36. The van der Waals surface area contributed by atoms with E-state index in [1.54, 1.807) is 24.5 Å². The van der Waals surface area contributed by atoms with Crippen LogP contribution in [-0.2, 0) is 16.7 Å². The Balaban J connectivity index is 1.75. The second-order valence-corrected chi connectivity index (χ2v) is 10.2. The van der Waals surface area contributed by atoms with Gasteiger partial charge in [0.2, 0.25) is 0 Å². The normalized spacial score (nSPS) is 18.5. The summed E-state index contributed by atoms with van der Waals surface area (Å²) < 4.78 is 11.7. The Morgan fingerprint density at radius 2 is 1.91 bits per heavy atom. The van der Waals surface area contributed by atoms with Gasteiger partial charge in [-0.05, 0) is 41.9 Å². The number of nitrogens with zero attached hydrogens (tertiary/aromatic N) is 2. The first-order chi connectivity index (χ1) is 15.4. The lowest BCUT2D eigenvalue weighted by atomic mass is 9.78. The molecular formula is C27H36N2O3. The molecule has 5 heteroatoms. The van der Waals surface area contributed by atoms with Crippen LogP contribution in [0.2, 0.25) is 0 Å². The number of benzene rings is 1. The second kappa shape index (κ2) is 10.1. The van der Waals surface area contributed by atoms with Gasteiger partial charge in [0, 0.05) is 43.2 Å². The van der Waals surface area contributed by atoms with Crippen molar-refractivity contribution in [2.45, 2.75) is 70.8 Å². The molecule has 2 aliphatic rings. The van der Waals surface area contributed by atoms with E-state index in [1.807, 2.05) is 0 Å². The largest absolute Gasteiger partial charge is 0.422 e. The summed E-state index contributed by atoms with van der Waals surface area (Å²) in [4.78, 5) is 19.5. The third-order valence-corrected chi connectivity index (χ3v) is 6.66. The summed E-state index contributed by atoms with van der Waals surface area (Å²) in [5.41, 5.74) is 3.95. The molecule has 1 aromatic heterocycles. The molecule has 5 nitrogen and oxygen atoms in total. The highest BCUT2D eigenvalue weighted by atomic mass is 16.5. The first kappa shape index (κ1) is 22.9. The molecule has 0 N–H and O–H groups in total. The average Bonchev–Trinajstić information content (AvgIpc) is 2.81. The summed E-state index contributed by atoms with van der Waals surface area (Å²) in [5.74, 6) is 0.964. The number of rotatable bonds is 5. The predicted molar refractivity (Wildman–Crippen MR) is 126 cm³/mol. The highest BCUT2D eigenvalue weighted by Gasteiger charge is 2.28. The predicted octanol–water partition coefficient (Wildman–Crippen LogP) is 5.48. The molecule has 0 bridgehead atoms. The quantitative estimate of drug-likeness (QED) is 0.459. The zero-order valence-corrected chi connectivity index (χ0v) is 19.7.